The maximum atomic E-state index is 12.7. The summed E-state index contributed by atoms with van der Waals surface area (Å²) in [6.45, 7) is 5.66. The minimum atomic E-state index is -0.428. The number of allylic oxidation sites excluding steroid dienone is 2. The predicted molar refractivity (Wildman–Crippen MR) is 88.6 cm³/mol. The molecule has 1 aromatic heterocycles. The molecule has 1 heterocycles. The first-order valence-corrected chi connectivity index (χ1v) is 7.46. The highest BCUT2D eigenvalue weighted by Crippen LogP contribution is 2.15. The summed E-state index contributed by atoms with van der Waals surface area (Å²) in [5.41, 5.74) is 2.43. The van der Waals surface area contributed by atoms with Crippen LogP contribution in [0.3, 0.4) is 0 Å². The molecule has 0 radical (unpaired) electrons. The molecule has 2 aromatic rings. The number of H-pyrrole nitrogens is 1. The third kappa shape index (κ3) is 3.39. The normalized spacial score (nSPS) is 11.7. The van der Waals surface area contributed by atoms with Gasteiger partial charge in [-0.25, -0.2) is 4.79 Å². The Kier molecular flexibility index (Phi) is 5.03. The maximum Gasteiger partial charge on any atom is 0.338 e. The Balaban J connectivity index is 2.58. The van der Waals surface area contributed by atoms with Crippen LogP contribution in [0.15, 0.2) is 34.1 Å². The minimum absolute atomic E-state index is 0.0911. The zero-order valence-corrected chi connectivity index (χ0v) is 13.6. The van der Waals surface area contributed by atoms with E-state index in [-0.39, 0.29) is 5.43 Å². The maximum absolute atomic E-state index is 12.7. The molecule has 0 amide bonds. The Hall–Kier alpha value is -2.07. The van der Waals surface area contributed by atoms with Crippen molar-refractivity contribution in [1.82, 2.24) is 4.98 Å². The molecular formula is C17H18ClNO3. The molecule has 2 rings (SSSR count). The summed E-state index contributed by atoms with van der Waals surface area (Å²) in [5, 5.41) is 1.12. The zero-order chi connectivity index (χ0) is 16.3. The Labute approximate surface area is 133 Å². The quantitative estimate of drug-likeness (QED) is 0.874. The lowest BCUT2D eigenvalue weighted by Crippen LogP contribution is -2.14. The monoisotopic (exact) mass is 319 g/mol. The number of carbonyl (C=O) groups is 1. The molecular weight excluding hydrogens is 302 g/mol. The predicted octanol–water partition coefficient (Wildman–Crippen LogP) is 3.70. The van der Waals surface area contributed by atoms with Gasteiger partial charge in [0, 0.05) is 27.2 Å². The molecule has 5 heteroatoms. The van der Waals surface area contributed by atoms with E-state index < -0.39 is 5.97 Å². The lowest BCUT2D eigenvalue weighted by Gasteiger charge is -2.08. The van der Waals surface area contributed by atoms with E-state index in [1.807, 2.05) is 6.92 Å². The molecule has 0 unspecified atom stereocenters. The molecule has 0 aliphatic rings. The standard InChI is InChI=1S/C17H18ClNO3/c1-4-22-17(21)12-6-8-15-14(9-12)16(20)13(11(3)19-15)7-5-10(2)18/h5-6,8-9H,4,7H2,1-3H3,(H,19,20)/b10-5-. The van der Waals surface area contributed by atoms with Crippen molar-refractivity contribution in [2.24, 2.45) is 0 Å². The van der Waals surface area contributed by atoms with Gasteiger partial charge in [0.2, 0.25) is 0 Å². The van der Waals surface area contributed by atoms with Crippen LogP contribution in [0.5, 0.6) is 0 Å². The van der Waals surface area contributed by atoms with E-state index in [1.165, 1.54) is 0 Å². The van der Waals surface area contributed by atoms with Crippen LogP contribution < -0.4 is 5.43 Å². The van der Waals surface area contributed by atoms with E-state index in [2.05, 4.69) is 4.98 Å². The topological polar surface area (TPSA) is 59.2 Å². The molecule has 1 aromatic carbocycles. The number of hydrogen-bond acceptors (Lipinski definition) is 3. The van der Waals surface area contributed by atoms with Crippen molar-refractivity contribution in [3.05, 3.63) is 56.4 Å². The molecule has 0 saturated carbocycles. The highest BCUT2D eigenvalue weighted by Gasteiger charge is 2.12. The van der Waals surface area contributed by atoms with Crippen molar-refractivity contribution in [2.45, 2.75) is 27.2 Å². The van der Waals surface area contributed by atoms with Crippen molar-refractivity contribution in [1.29, 1.82) is 0 Å². The summed E-state index contributed by atoms with van der Waals surface area (Å²) in [6.07, 6.45) is 2.25. The van der Waals surface area contributed by atoms with Gasteiger partial charge < -0.3 is 9.72 Å². The molecule has 22 heavy (non-hydrogen) atoms. The molecule has 0 saturated heterocycles. The molecule has 1 N–H and O–H groups in total. The second kappa shape index (κ2) is 6.79. The number of aromatic nitrogens is 1. The first kappa shape index (κ1) is 16.3. The van der Waals surface area contributed by atoms with Gasteiger partial charge in [-0.1, -0.05) is 17.7 Å². The summed E-state index contributed by atoms with van der Waals surface area (Å²) < 4.78 is 4.97. The summed E-state index contributed by atoms with van der Waals surface area (Å²) in [7, 11) is 0. The van der Waals surface area contributed by atoms with E-state index in [0.29, 0.717) is 40.1 Å². The van der Waals surface area contributed by atoms with Crippen molar-refractivity contribution >= 4 is 28.5 Å². The van der Waals surface area contributed by atoms with Gasteiger partial charge in [0.15, 0.2) is 5.43 Å². The SMILES string of the molecule is CCOC(=O)c1ccc2[nH]c(C)c(C/C=C(/C)Cl)c(=O)c2c1. The fourth-order valence-corrected chi connectivity index (χ4v) is 2.36. The third-order valence-electron chi connectivity index (χ3n) is 3.41. The molecule has 116 valence electrons. The number of ether oxygens (including phenoxy) is 1. The van der Waals surface area contributed by atoms with E-state index >= 15 is 0 Å². The van der Waals surface area contributed by atoms with Crippen molar-refractivity contribution in [2.75, 3.05) is 6.61 Å². The van der Waals surface area contributed by atoms with E-state index in [4.69, 9.17) is 16.3 Å². The van der Waals surface area contributed by atoms with Crippen LogP contribution in [0.1, 0.15) is 35.5 Å². The number of benzene rings is 1. The number of halogens is 1. The fraction of sp³-hybridized carbons (Fsp3) is 0.294. The first-order valence-electron chi connectivity index (χ1n) is 7.09. The number of aromatic amines is 1. The van der Waals surface area contributed by atoms with Gasteiger partial charge in [0.25, 0.3) is 0 Å². The van der Waals surface area contributed by atoms with Gasteiger partial charge in [-0.15, -0.1) is 0 Å². The number of pyridine rings is 1. The van der Waals surface area contributed by atoms with Gasteiger partial charge in [-0.05, 0) is 45.4 Å². The van der Waals surface area contributed by atoms with Gasteiger partial charge in [-0.3, -0.25) is 4.79 Å². The van der Waals surface area contributed by atoms with E-state index in [9.17, 15) is 9.59 Å². The molecule has 4 nitrogen and oxygen atoms in total. The Morgan fingerprint density at radius 2 is 2.14 bits per heavy atom. The fourth-order valence-electron chi connectivity index (χ4n) is 2.28. The zero-order valence-electron chi connectivity index (χ0n) is 12.8. The van der Waals surface area contributed by atoms with Crippen LogP contribution in [0.25, 0.3) is 10.9 Å². The van der Waals surface area contributed by atoms with Gasteiger partial charge >= 0.3 is 5.97 Å². The second-order valence-corrected chi connectivity index (χ2v) is 5.63. The highest BCUT2D eigenvalue weighted by atomic mass is 35.5. The summed E-state index contributed by atoms with van der Waals surface area (Å²) in [4.78, 5) is 27.7. The number of esters is 1. The molecule has 0 spiro atoms. The minimum Gasteiger partial charge on any atom is -0.462 e. The summed E-state index contributed by atoms with van der Waals surface area (Å²) in [5.74, 6) is -0.428. The smallest absolute Gasteiger partial charge is 0.338 e. The van der Waals surface area contributed by atoms with E-state index in [0.717, 1.165) is 5.69 Å². The number of hydrogen-bond donors (Lipinski definition) is 1. The number of rotatable bonds is 4. The molecule has 0 atom stereocenters. The molecule has 0 aliphatic carbocycles. The van der Waals surface area contributed by atoms with Gasteiger partial charge in [0.05, 0.1) is 12.2 Å². The van der Waals surface area contributed by atoms with Gasteiger partial charge in [0.1, 0.15) is 0 Å². The van der Waals surface area contributed by atoms with Gasteiger partial charge in [-0.2, -0.15) is 0 Å². The number of nitrogens with one attached hydrogen (secondary N) is 1. The van der Waals surface area contributed by atoms with Crippen molar-refractivity contribution in [3.63, 3.8) is 0 Å². The van der Waals surface area contributed by atoms with Crippen LogP contribution in [-0.2, 0) is 11.2 Å². The van der Waals surface area contributed by atoms with Crippen molar-refractivity contribution < 1.29 is 9.53 Å². The number of carbonyl (C=O) groups excluding carboxylic acids is 1. The highest BCUT2D eigenvalue weighted by molar-refractivity contribution is 6.29. The molecule has 0 aliphatic heterocycles. The largest absolute Gasteiger partial charge is 0.462 e. The third-order valence-corrected chi connectivity index (χ3v) is 3.57. The summed E-state index contributed by atoms with van der Waals surface area (Å²) >= 11 is 5.84. The lowest BCUT2D eigenvalue weighted by molar-refractivity contribution is 0.0526. The van der Waals surface area contributed by atoms with Crippen LogP contribution in [-0.4, -0.2) is 17.6 Å². The average Bonchev–Trinajstić information content (AvgIpc) is 2.46. The Morgan fingerprint density at radius 3 is 2.77 bits per heavy atom. The van der Waals surface area contributed by atoms with Crippen molar-refractivity contribution in [3.8, 4) is 0 Å². The Morgan fingerprint density at radius 1 is 1.41 bits per heavy atom. The number of fused-ring (bicyclic) bond motifs is 1. The van der Waals surface area contributed by atoms with E-state index in [1.54, 1.807) is 38.1 Å². The number of aryl methyl sites for hydroxylation is 1. The molecule has 0 fully saturated rings. The average molecular weight is 320 g/mol. The summed E-state index contributed by atoms with van der Waals surface area (Å²) in [6, 6.07) is 4.95. The Bertz CT molecular complexity index is 801. The van der Waals surface area contributed by atoms with Crippen LogP contribution >= 0.6 is 11.6 Å². The van der Waals surface area contributed by atoms with Crippen LogP contribution in [0.2, 0.25) is 0 Å². The van der Waals surface area contributed by atoms with Crippen LogP contribution in [0.4, 0.5) is 0 Å². The lowest BCUT2D eigenvalue weighted by atomic mass is 10.0. The second-order valence-electron chi connectivity index (χ2n) is 5.03. The van der Waals surface area contributed by atoms with Crippen LogP contribution in [0, 0.1) is 6.92 Å². The molecule has 0 bridgehead atoms. The first-order chi connectivity index (χ1) is 10.4.